The summed E-state index contributed by atoms with van der Waals surface area (Å²) in [6.07, 6.45) is 2.26. The van der Waals surface area contributed by atoms with E-state index in [0.29, 0.717) is 17.6 Å². The van der Waals surface area contributed by atoms with E-state index in [1.807, 2.05) is 29.2 Å². The molecule has 1 aromatic carbocycles. The molecule has 3 saturated heterocycles. The molecule has 1 amide bonds. The molecule has 19 heavy (non-hydrogen) atoms. The third kappa shape index (κ3) is 2.06. The van der Waals surface area contributed by atoms with Crippen LogP contribution in [0.2, 0.25) is 0 Å². The van der Waals surface area contributed by atoms with Crippen LogP contribution in [0.4, 0.5) is 5.69 Å². The number of anilines is 1. The van der Waals surface area contributed by atoms with E-state index < -0.39 is 0 Å². The molecule has 0 spiro atoms. The number of carbonyl (C=O) groups is 1. The number of nitrogens with zero attached hydrogens (tertiary/aromatic N) is 3. The highest BCUT2D eigenvalue weighted by Gasteiger charge is 2.39. The molecule has 0 aliphatic carbocycles. The number of carbonyl (C=O) groups excluding carboxylic acids is 1. The van der Waals surface area contributed by atoms with Crippen molar-refractivity contribution in [2.24, 2.45) is 0 Å². The first-order valence-corrected chi connectivity index (χ1v) is 6.73. The molecular weight excluding hydrogens is 238 g/mol. The van der Waals surface area contributed by atoms with Gasteiger partial charge in [-0.25, -0.2) is 0 Å². The Bertz CT molecular complexity index is 531. The van der Waals surface area contributed by atoms with Crippen molar-refractivity contribution in [3.8, 4) is 6.07 Å². The van der Waals surface area contributed by atoms with Crippen LogP contribution in [-0.2, 0) is 4.79 Å². The van der Waals surface area contributed by atoms with Gasteiger partial charge in [0.05, 0.1) is 11.6 Å². The minimum absolute atomic E-state index is 0.189. The van der Waals surface area contributed by atoms with Gasteiger partial charge < -0.3 is 9.80 Å². The fourth-order valence-electron chi connectivity index (χ4n) is 3.26. The lowest BCUT2D eigenvalue weighted by molar-refractivity contribution is -0.133. The zero-order chi connectivity index (χ0) is 13.4. The zero-order valence-corrected chi connectivity index (χ0v) is 11.0. The van der Waals surface area contributed by atoms with E-state index in [0.717, 1.165) is 31.6 Å². The maximum atomic E-state index is 11.6. The SMILES string of the molecule is CC(=O)N1CC2CCC1CN2c1ccc(C#N)cc1. The molecule has 0 aromatic heterocycles. The van der Waals surface area contributed by atoms with E-state index in [-0.39, 0.29) is 5.91 Å². The Morgan fingerprint density at radius 2 is 1.89 bits per heavy atom. The number of piperazine rings is 1. The van der Waals surface area contributed by atoms with E-state index in [1.165, 1.54) is 0 Å². The maximum Gasteiger partial charge on any atom is 0.219 e. The van der Waals surface area contributed by atoms with Crippen LogP contribution in [0.1, 0.15) is 25.3 Å². The lowest BCUT2D eigenvalue weighted by Crippen LogP contribution is -2.63. The Balaban J connectivity index is 1.81. The van der Waals surface area contributed by atoms with Gasteiger partial charge >= 0.3 is 0 Å². The molecule has 3 fully saturated rings. The fourth-order valence-corrected chi connectivity index (χ4v) is 3.26. The summed E-state index contributed by atoms with van der Waals surface area (Å²) in [5, 5.41) is 8.83. The molecule has 3 aliphatic heterocycles. The number of nitriles is 1. The van der Waals surface area contributed by atoms with E-state index in [9.17, 15) is 4.79 Å². The van der Waals surface area contributed by atoms with Crippen LogP contribution < -0.4 is 4.90 Å². The van der Waals surface area contributed by atoms with Gasteiger partial charge in [-0.05, 0) is 37.1 Å². The fraction of sp³-hybridized carbons (Fsp3) is 0.467. The molecule has 0 N–H and O–H groups in total. The predicted octanol–water partition coefficient (Wildman–Crippen LogP) is 1.76. The monoisotopic (exact) mass is 255 g/mol. The molecule has 3 heterocycles. The molecule has 3 aliphatic rings. The normalized spacial score (nSPS) is 25.3. The Morgan fingerprint density at radius 1 is 1.21 bits per heavy atom. The van der Waals surface area contributed by atoms with Gasteiger partial charge in [0.1, 0.15) is 0 Å². The van der Waals surface area contributed by atoms with Crippen molar-refractivity contribution in [1.29, 1.82) is 5.26 Å². The Morgan fingerprint density at radius 3 is 2.42 bits per heavy atom. The van der Waals surface area contributed by atoms with Crippen molar-refractivity contribution in [3.63, 3.8) is 0 Å². The molecule has 4 nitrogen and oxygen atoms in total. The summed E-state index contributed by atoms with van der Waals surface area (Å²) in [6, 6.07) is 10.7. The van der Waals surface area contributed by atoms with Crippen molar-refractivity contribution in [1.82, 2.24) is 4.90 Å². The summed E-state index contributed by atoms with van der Waals surface area (Å²) < 4.78 is 0. The molecular formula is C15H17N3O. The van der Waals surface area contributed by atoms with Crippen molar-refractivity contribution in [2.75, 3.05) is 18.0 Å². The Kier molecular flexibility index (Phi) is 2.90. The van der Waals surface area contributed by atoms with Crippen molar-refractivity contribution < 1.29 is 4.79 Å². The van der Waals surface area contributed by atoms with Gasteiger partial charge in [-0.2, -0.15) is 5.26 Å². The minimum atomic E-state index is 0.189. The van der Waals surface area contributed by atoms with Gasteiger partial charge in [-0.1, -0.05) is 0 Å². The molecule has 0 radical (unpaired) electrons. The van der Waals surface area contributed by atoms with Crippen LogP contribution in [-0.4, -0.2) is 36.0 Å². The molecule has 2 bridgehead atoms. The van der Waals surface area contributed by atoms with E-state index in [2.05, 4.69) is 11.0 Å². The largest absolute Gasteiger partial charge is 0.365 e. The number of hydrogen-bond acceptors (Lipinski definition) is 3. The van der Waals surface area contributed by atoms with Gasteiger partial charge in [-0.15, -0.1) is 0 Å². The highest BCUT2D eigenvalue weighted by atomic mass is 16.2. The number of rotatable bonds is 1. The third-order valence-electron chi connectivity index (χ3n) is 4.26. The van der Waals surface area contributed by atoms with Crippen LogP contribution in [0.15, 0.2) is 24.3 Å². The second-order valence-corrected chi connectivity index (χ2v) is 5.37. The molecule has 1 aromatic rings. The summed E-state index contributed by atoms with van der Waals surface area (Å²) in [4.78, 5) is 16.0. The zero-order valence-electron chi connectivity index (χ0n) is 11.0. The molecule has 4 rings (SSSR count). The number of fused-ring (bicyclic) bond motifs is 3. The lowest BCUT2D eigenvalue weighted by Gasteiger charge is -2.52. The second-order valence-electron chi connectivity index (χ2n) is 5.37. The Labute approximate surface area is 113 Å². The first-order valence-electron chi connectivity index (χ1n) is 6.73. The maximum absolute atomic E-state index is 11.6. The Hall–Kier alpha value is -2.02. The summed E-state index contributed by atoms with van der Waals surface area (Å²) in [5.41, 5.74) is 1.85. The van der Waals surface area contributed by atoms with E-state index in [4.69, 9.17) is 5.26 Å². The standard InChI is InChI=1S/C15H17N3O/c1-11(19)17-9-15-7-6-14(17)10-18(15)13-4-2-12(8-16)3-5-13/h2-5,14-15H,6-7,9-10H2,1H3. The van der Waals surface area contributed by atoms with Gasteiger partial charge in [-0.3, -0.25) is 4.79 Å². The van der Waals surface area contributed by atoms with Gasteiger partial charge in [0.15, 0.2) is 0 Å². The second kappa shape index (κ2) is 4.58. The molecule has 2 unspecified atom stereocenters. The van der Waals surface area contributed by atoms with Crippen LogP contribution in [0, 0.1) is 11.3 Å². The van der Waals surface area contributed by atoms with Crippen LogP contribution in [0.3, 0.4) is 0 Å². The molecule has 0 saturated carbocycles. The number of benzene rings is 1. The topological polar surface area (TPSA) is 47.3 Å². The first kappa shape index (κ1) is 12.0. The molecule has 4 heteroatoms. The van der Waals surface area contributed by atoms with E-state index >= 15 is 0 Å². The average Bonchev–Trinajstić information content (AvgIpc) is 2.47. The number of hydrogen-bond donors (Lipinski definition) is 0. The lowest BCUT2D eigenvalue weighted by atomic mass is 9.90. The van der Waals surface area contributed by atoms with Crippen LogP contribution in [0.5, 0.6) is 0 Å². The summed E-state index contributed by atoms with van der Waals surface area (Å²) in [6.45, 7) is 3.41. The third-order valence-corrected chi connectivity index (χ3v) is 4.26. The van der Waals surface area contributed by atoms with Crippen LogP contribution in [0.25, 0.3) is 0 Å². The van der Waals surface area contributed by atoms with Crippen LogP contribution >= 0.6 is 0 Å². The van der Waals surface area contributed by atoms with Gasteiger partial charge in [0.25, 0.3) is 0 Å². The highest BCUT2D eigenvalue weighted by Crippen LogP contribution is 2.32. The summed E-state index contributed by atoms with van der Waals surface area (Å²) >= 11 is 0. The number of piperidine rings is 2. The van der Waals surface area contributed by atoms with Crippen molar-refractivity contribution in [3.05, 3.63) is 29.8 Å². The van der Waals surface area contributed by atoms with E-state index in [1.54, 1.807) is 6.92 Å². The predicted molar refractivity (Wildman–Crippen MR) is 72.7 cm³/mol. The van der Waals surface area contributed by atoms with Gasteiger partial charge in [0, 0.05) is 37.8 Å². The summed E-state index contributed by atoms with van der Waals surface area (Å²) in [7, 11) is 0. The molecule has 98 valence electrons. The molecule has 2 atom stereocenters. The minimum Gasteiger partial charge on any atom is -0.365 e. The average molecular weight is 255 g/mol. The highest BCUT2D eigenvalue weighted by molar-refractivity contribution is 5.74. The van der Waals surface area contributed by atoms with Crippen molar-refractivity contribution >= 4 is 11.6 Å². The quantitative estimate of drug-likeness (QED) is 0.768. The smallest absolute Gasteiger partial charge is 0.219 e. The van der Waals surface area contributed by atoms with Crippen molar-refractivity contribution in [2.45, 2.75) is 31.8 Å². The number of amides is 1. The van der Waals surface area contributed by atoms with Gasteiger partial charge in [0.2, 0.25) is 5.91 Å². The summed E-state index contributed by atoms with van der Waals surface area (Å²) in [5.74, 6) is 0.189. The first-order chi connectivity index (χ1) is 9.19.